The molecule has 1 fully saturated rings. The van der Waals surface area contributed by atoms with Gasteiger partial charge in [-0.15, -0.1) is 0 Å². The summed E-state index contributed by atoms with van der Waals surface area (Å²) >= 11 is 5.85. The summed E-state index contributed by atoms with van der Waals surface area (Å²) in [4.78, 5) is 40.5. The first-order valence-electron chi connectivity index (χ1n) is 6.25. The summed E-state index contributed by atoms with van der Waals surface area (Å²) in [5, 5.41) is 10.7. The molecule has 2 amide bonds. The van der Waals surface area contributed by atoms with Crippen LogP contribution in [0.1, 0.15) is 17.3 Å². The molecule has 0 spiro atoms. The van der Waals surface area contributed by atoms with Crippen molar-refractivity contribution >= 4 is 29.1 Å². The molecule has 21 heavy (non-hydrogen) atoms. The maximum Gasteiger partial charge on any atom is 0.288 e. The van der Waals surface area contributed by atoms with Gasteiger partial charge in [-0.05, 0) is 0 Å². The molecule has 8 nitrogen and oxygen atoms in total. The highest BCUT2D eigenvalue weighted by Crippen LogP contribution is 2.21. The second kappa shape index (κ2) is 6.04. The minimum atomic E-state index is -0.631. The molecule has 1 aliphatic rings. The summed E-state index contributed by atoms with van der Waals surface area (Å²) in [6, 6.07) is 1.12. The largest absolute Gasteiger partial charge is 0.339 e. The van der Waals surface area contributed by atoms with Gasteiger partial charge in [0, 0.05) is 39.2 Å². The van der Waals surface area contributed by atoms with Crippen LogP contribution in [0.3, 0.4) is 0 Å². The molecule has 0 aliphatic carbocycles. The van der Waals surface area contributed by atoms with Crippen LogP contribution in [0, 0.1) is 10.1 Å². The SMILES string of the molecule is CC(=O)N1CCN(C(=O)c2cc([N+](=O)[O-])cnc2Cl)CC1. The van der Waals surface area contributed by atoms with Crippen molar-refractivity contribution in [1.29, 1.82) is 0 Å². The number of hydrogen-bond donors (Lipinski definition) is 0. The van der Waals surface area contributed by atoms with Crippen molar-refractivity contribution in [3.05, 3.63) is 33.1 Å². The highest BCUT2D eigenvalue weighted by Gasteiger charge is 2.26. The number of rotatable bonds is 2. The number of carbonyl (C=O) groups excluding carboxylic acids is 2. The number of nitro groups is 1. The average Bonchev–Trinajstić information content (AvgIpc) is 2.47. The molecule has 0 radical (unpaired) electrons. The van der Waals surface area contributed by atoms with Crippen LogP contribution in [0.25, 0.3) is 0 Å². The van der Waals surface area contributed by atoms with Gasteiger partial charge in [0.1, 0.15) is 11.3 Å². The van der Waals surface area contributed by atoms with Crippen molar-refractivity contribution in [3.63, 3.8) is 0 Å². The Labute approximate surface area is 125 Å². The van der Waals surface area contributed by atoms with E-state index >= 15 is 0 Å². The normalized spacial score (nSPS) is 15.0. The van der Waals surface area contributed by atoms with Crippen LogP contribution in [0.5, 0.6) is 0 Å². The lowest BCUT2D eigenvalue weighted by Gasteiger charge is -2.34. The zero-order valence-electron chi connectivity index (χ0n) is 11.3. The summed E-state index contributed by atoms with van der Waals surface area (Å²) in [7, 11) is 0. The van der Waals surface area contributed by atoms with Crippen molar-refractivity contribution in [1.82, 2.24) is 14.8 Å². The molecule has 1 aromatic heterocycles. The minimum Gasteiger partial charge on any atom is -0.339 e. The summed E-state index contributed by atoms with van der Waals surface area (Å²) in [5.74, 6) is -0.462. The van der Waals surface area contributed by atoms with Crippen LogP contribution in [-0.4, -0.2) is 57.7 Å². The fourth-order valence-corrected chi connectivity index (χ4v) is 2.27. The lowest BCUT2D eigenvalue weighted by Crippen LogP contribution is -2.50. The van der Waals surface area contributed by atoms with E-state index in [4.69, 9.17) is 11.6 Å². The summed E-state index contributed by atoms with van der Waals surface area (Å²) in [6.07, 6.45) is 1.01. The number of halogens is 1. The van der Waals surface area contributed by atoms with E-state index in [-0.39, 0.29) is 22.3 Å². The Morgan fingerprint density at radius 1 is 1.29 bits per heavy atom. The van der Waals surface area contributed by atoms with Crippen molar-refractivity contribution in [2.45, 2.75) is 6.92 Å². The molecular weight excluding hydrogens is 300 g/mol. The van der Waals surface area contributed by atoms with E-state index in [0.29, 0.717) is 26.2 Å². The van der Waals surface area contributed by atoms with Crippen LogP contribution in [0.2, 0.25) is 5.15 Å². The second-order valence-electron chi connectivity index (χ2n) is 4.59. The third kappa shape index (κ3) is 3.27. The fourth-order valence-electron chi connectivity index (χ4n) is 2.08. The molecule has 1 aromatic rings. The number of piperazine rings is 1. The molecule has 1 saturated heterocycles. The van der Waals surface area contributed by atoms with Crippen LogP contribution in [-0.2, 0) is 4.79 Å². The topological polar surface area (TPSA) is 96.7 Å². The van der Waals surface area contributed by atoms with E-state index in [9.17, 15) is 19.7 Å². The fraction of sp³-hybridized carbons (Fsp3) is 0.417. The molecule has 0 N–H and O–H groups in total. The van der Waals surface area contributed by atoms with Crippen molar-refractivity contribution in [2.24, 2.45) is 0 Å². The first-order valence-corrected chi connectivity index (χ1v) is 6.62. The van der Waals surface area contributed by atoms with E-state index < -0.39 is 10.8 Å². The Morgan fingerprint density at radius 2 is 1.86 bits per heavy atom. The molecule has 1 aliphatic heterocycles. The predicted molar refractivity (Wildman–Crippen MR) is 74.1 cm³/mol. The molecule has 2 rings (SSSR count). The molecule has 0 unspecified atom stereocenters. The van der Waals surface area contributed by atoms with Gasteiger partial charge in [0.05, 0.1) is 10.5 Å². The van der Waals surface area contributed by atoms with Gasteiger partial charge >= 0.3 is 0 Å². The first kappa shape index (κ1) is 15.2. The van der Waals surface area contributed by atoms with Crippen molar-refractivity contribution in [3.8, 4) is 0 Å². The Hall–Kier alpha value is -2.22. The number of aromatic nitrogens is 1. The molecule has 9 heteroatoms. The van der Waals surface area contributed by atoms with Gasteiger partial charge in [0.25, 0.3) is 11.6 Å². The highest BCUT2D eigenvalue weighted by molar-refractivity contribution is 6.32. The Kier molecular flexibility index (Phi) is 4.37. The Bertz CT molecular complexity index is 599. The van der Waals surface area contributed by atoms with Crippen LogP contribution in [0.4, 0.5) is 5.69 Å². The maximum atomic E-state index is 12.3. The first-order chi connectivity index (χ1) is 9.90. The monoisotopic (exact) mass is 312 g/mol. The standard InChI is InChI=1S/C12H13ClN4O4/c1-8(18)15-2-4-16(5-3-15)12(19)10-6-9(17(20)21)7-14-11(10)13/h6-7H,2-5H2,1H3. The summed E-state index contributed by atoms with van der Waals surface area (Å²) in [5.41, 5.74) is -0.285. The lowest BCUT2D eigenvalue weighted by molar-refractivity contribution is -0.385. The van der Waals surface area contributed by atoms with E-state index in [1.165, 1.54) is 11.8 Å². The number of amides is 2. The van der Waals surface area contributed by atoms with Crippen molar-refractivity contribution in [2.75, 3.05) is 26.2 Å². The van der Waals surface area contributed by atoms with Gasteiger partial charge in [0.15, 0.2) is 0 Å². The Morgan fingerprint density at radius 3 is 2.38 bits per heavy atom. The quantitative estimate of drug-likeness (QED) is 0.460. The van der Waals surface area contributed by atoms with Crippen LogP contribution in [0.15, 0.2) is 12.3 Å². The predicted octanol–water partition coefficient (Wildman–Crippen LogP) is 0.948. The zero-order valence-corrected chi connectivity index (χ0v) is 12.0. The third-order valence-electron chi connectivity index (χ3n) is 3.28. The maximum absolute atomic E-state index is 12.3. The van der Waals surface area contributed by atoms with E-state index in [1.54, 1.807) is 4.90 Å². The summed E-state index contributed by atoms with van der Waals surface area (Å²) < 4.78 is 0. The molecule has 112 valence electrons. The second-order valence-corrected chi connectivity index (χ2v) is 4.95. The van der Waals surface area contributed by atoms with Gasteiger partial charge in [-0.25, -0.2) is 4.98 Å². The molecule has 0 bridgehead atoms. The number of hydrogen-bond acceptors (Lipinski definition) is 5. The zero-order chi connectivity index (χ0) is 15.6. The molecule has 0 saturated carbocycles. The molecule has 0 atom stereocenters. The third-order valence-corrected chi connectivity index (χ3v) is 3.58. The van der Waals surface area contributed by atoms with Gasteiger partial charge < -0.3 is 9.80 Å². The molecule has 0 aromatic carbocycles. The van der Waals surface area contributed by atoms with Crippen LogP contribution < -0.4 is 0 Å². The molecule has 2 heterocycles. The molecular formula is C12H13ClN4O4. The van der Waals surface area contributed by atoms with Crippen LogP contribution >= 0.6 is 11.6 Å². The van der Waals surface area contributed by atoms with Crippen molar-refractivity contribution < 1.29 is 14.5 Å². The Balaban J connectivity index is 2.16. The van der Waals surface area contributed by atoms with E-state index in [1.807, 2.05) is 0 Å². The number of carbonyl (C=O) groups is 2. The lowest BCUT2D eigenvalue weighted by atomic mass is 10.2. The average molecular weight is 313 g/mol. The smallest absolute Gasteiger partial charge is 0.288 e. The number of nitrogens with zero attached hydrogens (tertiary/aromatic N) is 4. The van der Waals surface area contributed by atoms with Gasteiger partial charge in [0.2, 0.25) is 5.91 Å². The van der Waals surface area contributed by atoms with E-state index in [0.717, 1.165) is 12.3 Å². The van der Waals surface area contributed by atoms with Gasteiger partial charge in [-0.1, -0.05) is 11.6 Å². The van der Waals surface area contributed by atoms with Gasteiger partial charge in [-0.2, -0.15) is 0 Å². The van der Waals surface area contributed by atoms with E-state index in [2.05, 4.69) is 4.98 Å². The van der Waals surface area contributed by atoms with Gasteiger partial charge in [-0.3, -0.25) is 19.7 Å². The highest BCUT2D eigenvalue weighted by atomic mass is 35.5. The summed E-state index contributed by atoms with van der Waals surface area (Å²) in [6.45, 7) is 3.05. The minimum absolute atomic E-state index is 0.00198. The number of pyridine rings is 1.